The van der Waals surface area contributed by atoms with Crippen LogP contribution in [0.15, 0.2) is 12.4 Å². The average Bonchev–Trinajstić information content (AvgIpc) is 2.84. The number of rotatable bonds is 3. The van der Waals surface area contributed by atoms with Gasteiger partial charge >= 0.3 is 0 Å². The average molecular weight is 291 g/mol. The van der Waals surface area contributed by atoms with Crippen LogP contribution in [0.5, 0.6) is 0 Å². The second-order valence-electron chi connectivity index (χ2n) is 6.06. The van der Waals surface area contributed by atoms with Crippen LogP contribution >= 0.6 is 0 Å². The molecule has 2 aromatic rings. The van der Waals surface area contributed by atoms with Gasteiger partial charge in [-0.3, -0.25) is 0 Å². The number of nitrogens with zero attached hydrogens (tertiary/aromatic N) is 5. The van der Waals surface area contributed by atoms with E-state index in [-0.39, 0.29) is 11.7 Å². The van der Waals surface area contributed by atoms with Crippen molar-refractivity contribution >= 4 is 11.6 Å². The summed E-state index contributed by atoms with van der Waals surface area (Å²) in [5, 5.41) is 4.28. The van der Waals surface area contributed by atoms with Crippen molar-refractivity contribution in [2.24, 2.45) is 0 Å². The zero-order chi connectivity index (χ0) is 15.0. The molecule has 7 nitrogen and oxygen atoms in total. The quantitative estimate of drug-likeness (QED) is 0.842. The number of fused-ring (bicyclic) bond motifs is 1. The molecule has 2 aromatic heterocycles. The first-order chi connectivity index (χ1) is 9.98. The van der Waals surface area contributed by atoms with Crippen LogP contribution in [0.25, 0.3) is 5.78 Å². The molecular formula is C14H21N5O2. The van der Waals surface area contributed by atoms with Gasteiger partial charge in [-0.2, -0.15) is 14.6 Å². The Morgan fingerprint density at radius 1 is 1.48 bits per heavy atom. The Morgan fingerprint density at radius 2 is 2.29 bits per heavy atom. The molecule has 1 aliphatic rings. The minimum Gasteiger partial charge on any atom is -0.382 e. The van der Waals surface area contributed by atoms with Gasteiger partial charge in [-0.15, -0.1) is 0 Å². The lowest BCUT2D eigenvalue weighted by Gasteiger charge is -2.43. The molecule has 3 heterocycles. The largest absolute Gasteiger partial charge is 0.382 e. The van der Waals surface area contributed by atoms with Crippen molar-refractivity contribution in [3.63, 3.8) is 0 Å². The summed E-state index contributed by atoms with van der Waals surface area (Å²) >= 11 is 0. The van der Waals surface area contributed by atoms with E-state index in [0.29, 0.717) is 12.4 Å². The van der Waals surface area contributed by atoms with Crippen LogP contribution in [0.2, 0.25) is 0 Å². The summed E-state index contributed by atoms with van der Waals surface area (Å²) in [6.45, 7) is 8.27. The minimum absolute atomic E-state index is 0.0331. The first-order valence-electron chi connectivity index (χ1n) is 7.07. The van der Waals surface area contributed by atoms with Crippen molar-refractivity contribution in [2.75, 3.05) is 31.7 Å². The lowest BCUT2D eigenvalue weighted by molar-refractivity contribution is -0.106. The number of methoxy groups -OCH3 is 1. The second kappa shape index (κ2) is 5.23. The lowest BCUT2D eigenvalue weighted by atomic mass is 10.1. The van der Waals surface area contributed by atoms with Gasteiger partial charge in [0.2, 0.25) is 0 Å². The molecule has 1 saturated heterocycles. The van der Waals surface area contributed by atoms with Crippen molar-refractivity contribution in [3.05, 3.63) is 18.1 Å². The summed E-state index contributed by atoms with van der Waals surface area (Å²) in [5.74, 6) is 1.62. The maximum atomic E-state index is 6.06. The minimum atomic E-state index is -0.245. The fourth-order valence-electron chi connectivity index (χ4n) is 2.88. The van der Waals surface area contributed by atoms with E-state index < -0.39 is 0 Å². The van der Waals surface area contributed by atoms with Gasteiger partial charge in [0, 0.05) is 32.0 Å². The molecule has 0 saturated carbocycles. The molecule has 0 aliphatic carbocycles. The van der Waals surface area contributed by atoms with E-state index in [2.05, 4.69) is 33.8 Å². The van der Waals surface area contributed by atoms with E-state index in [4.69, 9.17) is 9.47 Å². The highest BCUT2D eigenvalue weighted by Crippen LogP contribution is 2.26. The van der Waals surface area contributed by atoms with E-state index in [1.54, 1.807) is 11.6 Å². The maximum absolute atomic E-state index is 6.06. The zero-order valence-corrected chi connectivity index (χ0v) is 12.9. The number of hydrogen-bond donors (Lipinski definition) is 0. The van der Waals surface area contributed by atoms with Gasteiger partial charge in [0.1, 0.15) is 12.1 Å². The number of anilines is 1. The molecule has 0 radical (unpaired) electrons. The molecule has 1 atom stereocenters. The summed E-state index contributed by atoms with van der Waals surface area (Å²) in [7, 11) is 1.70. The van der Waals surface area contributed by atoms with Gasteiger partial charge in [0.05, 0.1) is 18.3 Å². The van der Waals surface area contributed by atoms with Gasteiger partial charge in [0.15, 0.2) is 0 Å². The zero-order valence-electron chi connectivity index (χ0n) is 12.9. The third-order valence-electron chi connectivity index (χ3n) is 3.52. The molecule has 1 fully saturated rings. The van der Waals surface area contributed by atoms with Gasteiger partial charge in [0.25, 0.3) is 5.78 Å². The van der Waals surface area contributed by atoms with Crippen molar-refractivity contribution in [2.45, 2.75) is 32.5 Å². The van der Waals surface area contributed by atoms with Gasteiger partial charge in [-0.25, -0.2) is 4.98 Å². The van der Waals surface area contributed by atoms with Crippen LogP contribution in [0.1, 0.15) is 19.5 Å². The Balaban J connectivity index is 1.98. The molecular weight excluding hydrogens is 270 g/mol. The first kappa shape index (κ1) is 14.2. The molecule has 0 N–H and O–H groups in total. The maximum Gasteiger partial charge on any atom is 0.254 e. The third kappa shape index (κ3) is 2.84. The smallest absolute Gasteiger partial charge is 0.254 e. The molecule has 21 heavy (non-hydrogen) atoms. The van der Waals surface area contributed by atoms with E-state index in [9.17, 15) is 0 Å². The normalized spacial score (nSPS) is 21.9. The summed E-state index contributed by atoms with van der Waals surface area (Å²) in [4.78, 5) is 10.8. The fraction of sp³-hybridized carbons (Fsp3) is 0.643. The molecule has 3 rings (SSSR count). The van der Waals surface area contributed by atoms with E-state index in [0.717, 1.165) is 24.6 Å². The van der Waals surface area contributed by atoms with E-state index in [1.165, 1.54) is 6.33 Å². The van der Waals surface area contributed by atoms with Crippen molar-refractivity contribution in [1.82, 2.24) is 19.6 Å². The van der Waals surface area contributed by atoms with Gasteiger partial charge in [-0.1, -0.05) is 0 Å². The number of hydrogen-bond acceptors (Lipinski definition) is 6. The Kier molecular flexibility index (Phi) is 3.54. The number of aromatic nitrogens is 4. The van der Waals surface area contributed by atoms with E-state index >= 15 is 0 Å². The Hall–Kier alpha value is -1.73. The molecule has 0 spiro atoms. The highest BCUT2D eigenvalue weighted by atomic mass is 16.5. The Morgan fingerprint density at radius 3 is 3.05 bits per heavy atom. The first-order valence-corrected chi connectivity index (χ1v) is 7.07. The van der Waals surface area contributed by atoms with Gasteiger partial charge < -0.3 is 14.4 Å². The fourth-order valence-corrected chi connectivity index (χ4v) is 2.88. The van der Waals surface area contributed by atoms with Crippen molar-refractivity contribution < 1.29 is 9.47 Å². The van der Waals surface area contributed by atoms with Crippen molar-refractivity contribution in [1.29, 1.82) is 0 Å². The SMILES string of the molecule is COC[C@H]1CN(c2cc(C)nc3ncnn23)CC(C)(C)O1. The number of morpholine rings is 1. The predicted molar refractivity (Wildman–Crippen MR) is 78.6 cm³/mol. The summed E-state index contributed by atoms with van der Waals surface area (Å²) < 4.78 is 13.1. The highest BCUT2D eigenvalue weighted by Gasteiger charge is 2.34. The molecule has 7 heteroatoms. The third-order valence-corrected chi connectivity index (χ3v) is 3.52. The predicted octanol–water partition coefficient (Wildman–Crippen LogP) is 1.06. The standard InChI is InChI=1S/C14H21N5O2/c1-10-5-12(19-13(17-10)15-9-16-19)18-6-11(7-20-4)21-14(2,3)8-18/h5,9,11H,6-8H2,1-4H3/t11-/m1/s1. The Labute approximate surface area is 123 Å². The molecule has 0 aromatic carbocycles. The van der Waals surface area contributed by atoms with Gasteiger partial charge in [-0.05, 0) is 20.8 Å². The summed E-state index contributed by atoms with van der Waals surface area (Å²) in [6, 6.07) is 2.03. The molecule has 1 aliphatic heterocycles. The van der Waals surface area contributed by atoms with Crippen LogP contribution in [-0.2, 0) is 9.47 Å². The number of ether oxygens (including phenoxy) is 2. The molecule has 114 valence electrons. The highest BCUT2D eigenvalue weighted by molar-refractivity contribution is 5.48. The second-order valence-corrected chi connectivity index (χ2v) is 6.06. The summed E-state index contributed by atoms with van der Waals surface area (Å²) in [6.07, 6.45) is 1.56. The monoisotopic (exact) mass is 291 g/mol. The van der Waals surface area contributed by atoms with Crippen LogP contribution in [0.3, 0.4) is 0 Å². The molecule has 0 amide bonds. The van der Waals surface area contributed by atoms with Crippen molar-refractivity contribution in [3.8, 4) is 0 Å². The molecule has 0 bridgehead atoms. The lowest BCUT2D eigenvalue weighted by Crippen LogP contribution is -2.54. The van der Waals surface area contributed by atoms with Crippen LogP contribution < -0.4 is 4.90 Å². The topological polar surface area (TPSA) is 64.8 Å². The number of aryl methyl sites for hydroxylation is 1. The summed E-state index contributed by atoms with van der Waals surface area (Å²) in [5.41, 5.74) is 0.684. The van der Waals surface area contributed by atoms with Crippen LogP contribution in [0.4, 0.5) is 5.82 Å². The molecule has 0 unspecified atom stereocenters. The Bertz CT molecular complexity index is 639. The van der Waals surface area contributed by atoms with E-state index in [1.807, 2.05) is 13.0 Å². The van der Waals surface area contributed by atoms with Crippen LogP contribution in [-0.4, -0.2) is 58.1 Å². The van der Waals surface area contributed by atoms with Crippen LogP contribution in [0, 0.1) is 6.92 Å².